The van der Waals surface area contributed by atoms with Crippen LogP contribution in [0.15, 0.2) is 30.5 Å². The summed E-state index contributed by atoms with van der Waals surface area (Å²) in [5.74, 6) is 1.74. The van der Waals surface area contributed by atoms with E-state index < -0.39 is 0 Å². The molecule has 1 aromatic carbocycles. The highest BCUT2D eigenvalue weighted by atomic mass is 16.5. The maximum atomic E-state index is 6.09. The molecule has 0 bridgehead atoms. The molecule has 134 valence electrons. The molecular weight excluding hydrogens is 314 g/mol. The van der Waals surface area contributed by atoms with Crippen molar-refractivity contribution < 1.29 is 9.47 Å². The fraction of sp³-hybridized carbons (Fsp3) is 0.550. The Morgan fingerprint density at radius 2 is 2.04 bits per heavy atom. The molecule has 1 saturated carbocycles. The van der Waals surface area contributed by atoms with E-state index in [1.807, 2.05) is 30.1 Å². The van der Waals surface area contributed by atoms with Crippen LogP contribution in [0.4, 0.5) is 0 Å². The highest BCUT2D eigenvalue weighted by molar-refractivity contribution is 5.34. The quantitative estimate of drug-likeness (QED) is 0.776. The number of hydrogen-bond acceptors (Lipinski definition) is 4. The zero-order valence-electron chi connectivity index (χ0n) is 15.1. The Kier molecular flexibility index (Phi) is 4.77. The maximum absolute atomic E-state index is 6.09. The molecule has 2 heterocycles. The molecule has 5 nitrogen and oxygen atoms in total. The normalized spacial score (nSPS) is 20.5. The summed E-state index contributed by atoms with van der Waals surface area (Å²) in [7, 11) is 3.78. The predicted molar refractivity (Wildman–Crippen MR) is 96.6 cm³/mol. The van der Waals surface area contributed by atoms with Crippen molar-refractivity contribution >= 4 is 0 Å². The van der Waals surface area contributed by atoms with Crippen LogP contribution in [0.3, 0.4) is 0 Å². The van der Waals surface area contributed by atoms with Crippen molar-refractivity contribution in [2.24, 2.45) is 13.0 Å². The van der Waals surface area contributed by atoms with Gasteiger partial charge in [-0.05, 0) is 36.8 Å². The molecule has 0 N–H and O–H groups in total. The van der Waals surface area contributed by atoms with Crippen LogP contribution in [0.2, 0.25) is 0 Å². The number of aryl methyl sites for hydroxylation is 1. The first kappa shape index (κ1) is 16.6. The fourth-order valence-electron chi connectivity index (χ4n) is 3.76. The topological polar surface area (TPSA) is 39.5 Å². The average Bonchev–Trinajstić information content (AvgIpc) is 3.38. The summed E-state index contributed by atoms with van der Waals surface area (Å²) in [5, 5.41) is 4.49. The van der Waals surface area contributed by atoms with Gasteiger partial charge in [0.05, 0.1) is 31.6 Å². The Morgan fingerprint density at radius 3 is 2.84 bits per heavy atom. The van der Waals surface area contributed by atoms with E-state index in [4.69, 9.17) is 9.47 Å². The molecule has 0 saturated heterocycles. The number of nitrogens with zero attached hydrogens (tertiary/aromatic N) is 3. The molecule has 4 rings (SSSR count). The van der Waals surface area contributed by atoms with E-state index in [0.29, 0.717) is 0 Å². The Labute approximate surface area is 149 Å². The predicted octanol–water partition coefficient (Wildman–Crippen LogP) is 2.95. The minimum Gasteiger partial charge on any atom is -0.496 e. The van der Waals surface area contributed by atoms with Gasteiger partial charge >= 0.3 is 0 Å². The van der Waals surface area contributed by atoms with Gasteiger partial charge in [-0.3, -0.25) is 9.58 Å². The highest BCUT2D eigenvalue weighted by Gasteiger charge is 2.32. The molecule has 25 heavy (non-hydrogen) atoms. The van der Waals surface area contributed by atoms with E-state index in [9.17, 15) is 0 Å². The summed E-state index contributed by atoms with van der Waals surface area (Å²) in [6.07, 6.45) is 5.71. The third-order valence-electron chi connectivity index (χ3n) is 5.38. The van der Waals surface area contributed by atoms with E-state index in [0.717, 1.165) is 44.4 Å². The third-order valence-corrected chi connectivity index (χ3v) is 5.38. The van der Waals surface area contributed by atoms with Gasteiger partial charge in [0.1, 0.15) is 5.75 Å². The van der Waals surface area contributed by atoms with Gasteiger partial charge in [-0.2, -0.15) is 5.10 Å². The molecule has 2 aromatic rings. The van der Waals surface area contributed by atoms with Crippen LogP contribution in [-0.2, 0) is 24.8 Å². The zero-order chi connectivity index (χ0) is 17.2. The van der Waals surface area contributed by atoms with Crippen LogP contribution in [0.25, 0.3) is 0 Å². The number of fused-ring (bicyclic) bond motifs is 1. The minimum atomic E-state index is 0.250. The van der Waals surface area contributed by atoms with Crippen LogP contribution >= 0.6 is 0 Å². The van der Waals surface area contributed by atoms with E-state index >= 15 is 0 Å². The van der Waals surface area contributed by atoms with Crippen LogP contribution in [0.1, 0.15) is 35.7 Å². The smallest absolute Gasteiger partial charge is 0.123 e. The maximum Gasteiger partial charge on any atom is 0.123 e. The van der Waals surface area contributed by atoms with Crippen molar-refractivity contribution in [3.63, 3.8) is 0 Å². The molecule has 1 aromatic heterocycles. The lowest BCUT2D eigenvalue weighted by Gasteiger charge is -2.36. The van der Waals surface area contributed by atoms with Crippen LogP contribution in [0.5, 0.6) is 5.75 Å². The van der Waals surface area contributed by atoms with Crippen molar-refractivity contribution in [1.29, 1.82) is 0 Å². The number of rotatable bonds is 7. The van der Waals surface area contributed by atoms with E-state index in [1.54, 1.807) is 7.11 Å². The number of benzene rings is 1. The van der Waals surface area contributed by atoms with Gasteiger partial charge in [-0.15, -0.1) is 0 Å². The molecule has 5 heteroatoms. The lowest BCUT2D eigenvalue weighted by Crippen LogP contribution is -2.38. The van der Waals surface area contributed by atoms with E-state index in [2.05, 4.69) is 22.1 Å². The van der Waals surface area contributed by atoms with Gasteiger partial charge in [0.2, 0.25) is 0 Å². The summed E-state index contributed by atoms with van der Waals surface area (Å²) in [4.78, 5) is 2.51. The van der Waals surface area contributed by atoms with Gasteiger partial charge in [0.25, 0.3) is 0 Å². The number of ether oxygens (including phenoxy) is 2. The minimum absolute atomic E-state index is 0.250. The molecule has 1 aliphatic carbocycles. The summed E-state index contributed by atoms with van der Waals surface area (Å²) in [6.45, 7) is 3.52. The van der Waals surface area contributed by atoms with Crippen molar-refractivity contribution in [2.45, 2.75) is 31.8 Å². The van der Waals surface area contributed by atoms with Crippen LogP contribution in [0, 0.1) is 5.92 Å². The summed E-state index contributed by atoms with van der Waals surface area (Å²) >= 11 is 0. The van der Waals surface area contributed by atoms with Crippen molar-refractivity contribution in [3.8, 4) is 5.75 Å². The zero-order valence-corrected chi connectivity index (χ0v) is 15.1. The fourth-order valence-corrected chi connectivity index (χ4v) is 3.76. The van der Waals surface area contributed by atoms with Gasteiger partial charge in [0.15, 0.2) is 0 Å². The van der Waals surface area contributed by atoms with Crippen LogP contribution < -0.4 is 4.74 Å². The van der Waals surface area contributed by atoms with E-state index in [-0.39, 0.29) is 6.04 Å². The highest BCUT2D eigenvalue weighted by Crippen LogP contribution is 2.34. The number of aromatic nitrogens is 2. The first-order chi connectivity index (χ1) is 12.3. The van der Waals surface area contributed by atoms with Gasteiger partial charge < -0.3 is 9.47 Å². The third kappa shape index (κ3) is 3.58. The van der Waals surface area contributed by atoms with E-state index in [1.165, 1.54) is 29.7 Å². The molecule has 2 aliphatic rings. The van der Waals surface area contributed by atoms with Crippen molar-refractivity contribution in [3.05, 3.63) is 47.3 Å². The van der Waals surface area contributed by atoms with Gasteiger partial charge in [-0.1, -0.05) is 18.2 Å². The monoisotopic (exact) mass is 341 g/mol. The largest absolute Gasteiger partial charge is 0.496 e. The molecule has 0 amide bonds. The second kappa shape index (κ2) is 7.18. The molecule has 1 atom stereocenters. The SMILES string of the molecule is COc1ccccc1CN1CCc2cnn(C)c2[C@H]1COCC1CC1. The molecule has 1 fully saturated rings. The van der Waals surface area contributed by atoms with Crippen molar-refractivity contribution in [1.82, 2.24) is 14.7 Å². The Morgan fingerprint density at radius 1 is 1.20 bits per heavy atom. The second-order valence-corrected chi connectivity index (χ2v) is 7.21. The lowest BCUT2D eigenvalue weighted by molar-refractivity contribution is 0.0410. The standard InChI is InChI=1S/C20H27N3O2/c1-22-20-16(11-21-22)9-10-23(18(20)14-25-13-15-7-8-15)12-17-5-3-4-6-19(17)24-2/h3-6,11,15,18H,7-10,12-14H2,1-2H3/t18-/m1/s1. The Balaban J connectivity index is 1.55. The summed E-state index contributed by atoms with van der Waals surface area (Å²) in [6, 6.07) is 8.54. The van der Waals surface area contributed by atoms with Crippen LogP contribution in [-0.4, -0.2) is 41.5 Å². The molecule has 0 spiro atoms. The number of para-hydroxylation sites is 1. The first-order valence-electron chi connectivity index (χ1n) is 9.20. The summed E-state index contributed by atoms with van der Waals surface area (Å²) < 4.78 is 13.7. The Hall–Kier alpha value is -1.85. The molecule has 0 unspecified atom stereocenters. The second-order valence-electron chi connectivity index (χ2n) is 7.21. The lowest BCUT2D eigenvalue weighted by atomic mass is 9.99. The molecule has 1 aliphatic heterocycles. The number of hydrogen-bond donors (Lipinski definition) is 0. The number of methoxy groups -OCH3 is 1. The average molecular weight is 341 g/mol. The molecule has 0 radical (unpaired) electrons. The van der Waals surface area contributed by atoms with Crippen molar-refractivity contribution in [2.75, 3.05) is 26.9 Å². The first-order valence-corrected chi connectivity index (χ1v) is 9.20. The van der Waals surface area contributed by atoms with Gasteiger partial charge in [0, 0.05) is 32.3 Å². The molecular formula is C20H27N3O2. The Bertz CT molecular complexity index is 723. The van der Waals surface area contributed by atoms with Gasteiger partial charge in [-0.25, -0.2) is 0 Å². The summed E-state index contributed by atoms with van der Waals surface area (Å²) in [5.41, 5.74) is 3.89.